The molecule has 3 aromatic carbocycles. The van der Waals surface area contributed by atoms with Crippen molar-refractivity contribution in [3.8, 4) is 17.2 Å². The van der Waals surface area contributed by atoms with Gasteiger partial charge in [0.05, 0.1) is 18.5 Å². The van der Waals surface area contributed by atoms with Crippen LogP contribution < -0.4 is 4.74 Å². The highest BCUT2D eigenvalue weighted by atomic mass is 16.5. The number of benzene rings is 3. The zero-order valence-electron chi connectivity index (χ0n) is 22.5. The van der Waals surface area contributed by atoms with Gasteiger partial charge in [-0.2, -0.15) is 0 Å². The molecule has 0 bridgehead atoms. The van der Waals surface area contributed by atoms with Gasteiger partial charge in [-0.25, -0.2) is 0 Å². The standard InChI is InChI=1S/C31H38N2O3/c1-8-21-12-23(19(3)4)14-25(30(21)34)17-32-28-11-10-27(36-7)16-29(28)33-18-26-15-24(20(5)6)13-22(9-2)31(26)35/h10-20,34-35H,8-9H2,1-7H3. The van der Waals surface area contributed by atoms with E-state index >= 15 is 0 Å². The van der Waals surface area contributed by atoms with Gasteiger partial charge in [0.25, 0.3) is 0 Å². The number of aromatic hydroxyl groups is 2. The van der Waals surface area contributed by atoms with Gasteiger partial charge in [0.1, 0.15) is 17.2 Å². The van der Waals surface area contributed by atoms with Crippen molar-refractivity contribution < 1.29 is 14.9 Å². The lowest BCUT2D eigenvalue weighted by Crippen LogP contribution is -1.96. The zero-order valence-corrected chi connectivity index (χ0v) is 22.5. The fraction of sp³-hybridized carbons (Fsp3) is 0.355. The first-order valence-electron chi connectivity index (χ1n) is 12.7. The van der Waals surface area contributed by atoms with E-state index in [1.165, 1.54) is 0 Å². The van der Waals surface area contributed by atoms with Crippen molar-refractivity contribution in [3.05, 3.63) is 75.8 Å². The van der Waals surface area contributed by atoms with Crippen molar-refractivity contribution >= 4 is 23.8 Å². The van der Waals surface area contributed by atoms with Crippen molar-refractivity contribution in [1.29, 1.82) is 0 Å². The van der Waals surface area contributed by atoms with E-state index in [1.807, 2.05) is 44.2 Å². The molecule has 0 unspecified atom stereocenters. The largest absolute Gasteiger partial charge is 0.507 e. The van der Waals surface area contributed by atoms with Crippen LogP contribution in [-0.2, 0) is 12.8 Å². The lowest BCUT2D eigenvalue weighted by atomic mass is 9.96. The highest BCUT2D eigenvalue weighted by molar-refractivity contribution is 5.90. The third-order valence-electron chi connectivity index (χ3n) is 6.44. The van der Waals surface area contributed by atoms with Crippen molar-refractivity contribution in [2.75, 3.05) is 7.11 Å². The molecule has 190 valence electrons. The minimum absolute atomic E-state index is 0.251. The molecule has 0 heterocycles. The van der Waals surface area contributed by atoms with E-state index in [-0.39, 0.29) is 11.5 Å². The molecule has 0 aliphatic rings. The highest BCUT2D eigenvalue weighted by Crippen LogP contribution is 2.34. The second kappa shape index (κ2) is 11.9. The number of hydrogen-bond acceptors (Lipinski definition) is 5. The van der Waals surface area contributed by atoms with E-state index < -0.39 is 0 Å². The Bertz CT molecular complexity index is 1270. The Morgan fingerprint density at radius 2 is 1.19 bits per heavy atom. The Labute approximate surface area is 215 Å². The summed E-state index contributed by atoms with van der Waals surface area (Å²) >= 11 is 0. The van der Waals surface area contributed by atoms with E-state index in [0.717, 1.165) is 35.1 Å². The van der Waals surface area contributed by atoms with E-state index in [1.54, 1.807) is 19.5 Å². The van der Waals surface area contributed by atoms with Crippen molar-refractivity contribution in [2.24, 2.45) is 9.98 Å². The fourth-order valence-corrected chi connectivity index (χ4v) is 4.01. The second-order valence-corrected chi connectivity index (χ2v) is 9.62. The normalized spacial score (nSPS) is 11.9. The van der Waals surface area contributed by atoms with Crippen LogP contribution >= 0.6 is 0 Å². The molecule has 0 aliphatic carbocycles. The molecular weight excluding hydrogens is 448 g/mol. The van der Waals surface area contributed by atoms with E-state index in [2.05, 4.69) is 44.8 Å². The molecule has 36 heavy (non-hydrogen) atoms. The average Bonchev–Trinajstić information content (AvgIpc) is 2.87. The molecule has 0 aliphatic heterocycles. The van der Waals surface area contributed by atoms with Gasteiger partial charge in [-0.3, -0.25) is 9.98 Å². The second-order valence-electron chi connectivity index (χ2n) is 9.62. The third kappa shape index (κ3) is 6.14. The van der Waals surface area contributed by atoms with Crippen molar-refractivity contribution in [2.45, 2.75) is 66.2 Å². The quantitative estimate of drug-likeness (QED) is 0.301. The number of ether oxygens (including phenoxy) is 1. The molecule has 2 N–H and O–H groups in total. The van der Waals surface area contributed by atoms with Crippen LogP contribution in [0.5, 0.6) is 17.2 Å². The lowest BCUT2D eigenvalue weighted by molar-refractivity contribution is 0.415. The summed E-state index contributed by atoms with van der Waals surface area (Å²) in [6.07, 6.45) is 4.85. The molecule has 0 saturated carbocycles. The van der Waals surface area contributed by atoms with Gasteiger partial charge in [-0.1, -0.05) is 53.7 Å². The van der Waals surface area contributed by atoms with Gasteiger partial charge in [-0.05, 0) is 71.2 Å². The van der Waals surface area contributed by atoms with Crippen LogP contribution in [0, 0.1) is 0 Å². The minimum atomic E-state index is 0.251. The first kappa shape index (κ1) is 27.0. The smallest absolute Gasteiger partial charge is 0.127 e. The van der Waals surface area contributed by atoms with E-state index in [9.17, 15) is 10.2 Å². The number of aryl methyl sites for hydroxylation is 2. The summed E-state index contributed by atoms with van der Waals surface area (Å²) in [5.74, 6) is 1.84. The number of rotatable bonds is 9. The molecule has 0 amide bonds. The molecule has 3 aromatic rings. The summed E-state index contributed by atoms with van der Waals surface area (Å²) in [4.78, 5) is 9.38. The van der Waals surface area contributed by atoms with Gasteiger partial charge in [0, 0.05) is 29.6 Å². The average molecular weight is 487 g/mol. The maximum atomic E-state index is 10.8. The Kier molecular flexibility index (Phi) is 8.92. The summed E-state index contributed by atoms with van der Waals surface area (Å²) in [5, 5.41) is 21.5. The monoisotopic (exact) mass is 486 g/mol. The summed E-state index contributed by atoms with van der Waals surface area (Å²) in [5.41, 5.74) is 6.71. The molecule has 0 aromatic heterocycles. The first-order valence-corrected chi connectivity index (χ1v) is 12.7. The minimum Gasteiger partial charge on any atom is -0.507 e. The summed E-state index contributed by atoms with van der Waals surface area (Å²) in [7, 11) is 1.61. The van der Waals surface area contributed by atoms with E-state index in [4.69, 9.17) is 9.73 Å². The molecule has 5 nitrogen and oxygen atoms in total. The summed E-state index contributed by atoms with van der Waals surface area (Å²) in [6.45, 7) is 12.6. The third-order valence-corrected chi connectivity index (χ3v) is 6.44. The van der Waals surface area contributed by atoms with Crippen LogP contribution in [0.3, 0.4) is 0 Å². The maximum absolute atomic E-state index is 10.8. The predicted octanol–water partition coefficient (Wildman–Crippen LogP) is 7.98. The van der Waals surface area contributed by atoms with E-state index in [0.29, 0.717) is 40.1 Å². The highest BCUT2D eigenvalue weighted by Gasteiger charge is 2.12. The van der Waals surface area contributed by atoms with Crippen molar-refractivity contribution in [1.82, 2.24) is 0 Å². The molecular formula is C31H38N2O3. The van der Waals surface area contributed by atoms with Gasteiger partial charge in [0.2, 0.25) is 0 Å². The molecule has 0 saturated heterocycles. The molecule has 0 spiro atoms. The van der Waals surface area contributed by atoms with Crippen LogP contribution in [0.1, 0.15) is 86.8 Å². The van der Waals surface area contributed by atoms with Crippen LogP contribution in [-0.4, -0.2) is 29.8 Å². The van der Waals surface area contributed by atoms with Gasteiger partial charge >= 0.3 is 0 Å². The number of nitrogens with zero attached hydrogens (tertiary/aromatic N) is 2. The molecule has 5 heteroatoms. The molecule has 0 fully saturated rings. The van der Waals surface area contributed by atoms with Gasteiger partial charge < -0.3 is 14.9 Å². The molecule has 0 atom stereocenters. The topological polar surface area (TPSA) is 74.4 Å². The molecule has 3 rings (SSSR count). The Balaban J connectivity index is 2.06. The SMILES string of the molecule is CCc1cc(C(C)C)cc(C=Nc2ccc(OC)cc2N=Cc2cc(C(C)C)cc(CC)c2O)c1O. The summed E-state index contributed by atoms with van der Waals surface area (Å²) in [6, 6.07) is 13.6. The number of methoxy groups -OCH3 is 1. The van der Waals surface area contributed by atoms with Gasteiger partial charge in [-0.15, -0.1) is 0 Å². The number of hydrogen-bond donors (Lipinski definition) is 2. The Morgan fingerprint density at radius 3 is 1.61 bits per heavy atom. The van der Waals surface area contributed by atoms with Crippen LogP contribution in [0.4, 0.5) is 11.4 Å². The van der Waals surface area contributed by atoms with Gasteiger partial charge in [0.15, 0.2) is 0 Å². The maximum Gasteiger partial charge on any atom is 0.127 e. The Morgan fingerprint density at radius 1 is 0.722 bits per heavy atom. The van der Waals surface area contributed by atoms with Crippen molar-refractivity contribution in [3.63, 3.8) is 0 Å². The number of aliphatic imine (C=N–C) groups is 2. The first-order chi connectivity index (χ1) is 17.2. The summed E-state index contributed by atoms with van der Waals surface area (Å²) < 4.78 is 5.41. The fourth-order valence-electron chi connectivity index (χ4n) is 4.01. The predicted molar refractivity (Wildman–Crippen MR) is 151 cm³/mol. The number of phenolic OH excluding ortho intramolecular Hbond substituents is 2. The molecule has 0 radical (unpaired) electrons. The lowest BCUT2D eigenvalue weighted by Gasteiger charge is -2.13. The van der Waals surface area contributed by atoms with Crippen LogP contribution in [0.15, 0.2) is 52.4 Å². The van der Waals surface area contributed by atoms with Crippen LogP contribution in [0.2, 0.25) is 0 Å². The number of phenols is 2. The zero-order chi connectivity index (χ0) is 26.4. The van der Waals surface area contributed by atoms with Crippen LogP contribution in [0.25, 0.3) is 0 Å². The Hall–Kier alpha value is -3.60.